The van der Waals surface area contributed by atoms with Crippen LogP contribution in [0.5, 0.6) is 0 Å². The third-order valence-electron chi connectivity index (χ3n) is 5.78. The van der Waals surface area contributed by atoms with Crippen LogP contribution in [0.15, 0.2) is 30.3 Å². The molecule has 0 aliphatic carbocycles. The van der Waals surface area contributed by atoms with Crippen molar-refractivity contribution >= 4 is 11.9 Å². The second kappa shape index (κ2) is 18.7. The Morgan fingerprint density at radius 3 is 2.00 bits per heavy atom. The molecule has 1 rings (SSSR count). The SMILES string of the molecule is CCCCCCCCCCCC(CCC(CCC(=O)O)OC(C)=O)OCc1ccccc1. The fraction of sp³-hybridized carbons (Fsp3) is 0.704. The first-order chi connectivity index (χ1) is 15.5. The highest BCUT2D eigenvalue weighted by Gasteiger charge is 2.18. The number of hydrogen-bond donors (Lipinski definition) is 1. The van der Waals surface area contributed by atoms with Crippen LogP contribution in [0.1, 0.15) is 109 Å². The maximum absolute atomic E-state index is 11.4. The summed E-state index contributed by atoms with van der Waals surface area (Å²) >= 11 is 0. The molecule has 0 spiro atoms. The number of esters is 1. The van der Waals surface area contributed by atoms with Crippen molar-refractivity contribution in [3.05, 3.63) is 35.9 Å². The minimum Gasteiger partial charge on any atom is -0.481 e. The van der Waals surface area contributed by atoms with E-state index in [1.54, 1.807) is 0 Å². The van der Waals surface area contributed by atoms with Crippen LogP contribution in [0.2, 0.25) is 0 Å². The topological polar surface area (TPSA) is 72.8 Å². The van der Waals surface area contributed by atoms with Crippen LogP contribution in [0, 0.1) is 0 Å². The predicted octanol–water partition coefficient (Wildman–Crippen LogP) is 7.07. The number of carbonyl (C=O) groups excluding carboxylic acids is 1. The van der Waals surface area contributed by atoms with Gasteiger partial charge < -0.3 is 14.6 Å². The second-order valence-corrected chi connectivity index (χ2v) is 8.78. The van der Waals surface area contributed by atoms with Gasteiger partial charge in [0.05, 0.1) is 12.7 Å². The van der Waals surface area contributed by atoms with Crippen LogP contribution in [0.25, 0.3) is 0 Å². The van der Waals surface area contributed by atoms with Crippen LogP contribution < -0.4 is 0 Å². The van der Waals surface area contributed by atoms with Gasteiger partial charge in [-0.3, -0.25) is 9.59 Å². The summed E-state index contributed by atoms with van der Waals surface area (Å²) in [7, 11) is 0. The van der Waals surface area contributed by atoms with Crippen LogP contribution in [0.4, 0.5) is 0 Å². The van der Waals surface area contributed by atoms with Crippen molar-refractivity contribution in [2.45, 2.75) is 123 Å². The highest BCUT2D eigenvalue weighted by Crippen LogP contribution is 2.20. The van der Waals surface area contributed by atoms with E-state index in [1.165, 1.54) is 58.3 Å². The van der Waals surface area contributed by atoms with Gasteiger partial charge >= 0.3 is 11.9 Å². The Balaban J connectivity index is 2.44. The zero-order valence-electron chi connectivity index (χ0n) is 20.2. The van der Waals surface area contributed by atoms with E-state index in [1.807, 2.05) is 18.2 Å². The Labute approximate surface area is 194 Å². The van der Waals surface area contributed by atoms with E-state index >= 15 is 0 Å². The largest absolute Gasteiger partial charge is 0.481 e. The van der Waals surface area contributed by atoms with E-state index in [9.17, 15) is 9.59 Å². The van der Waals surface area contributed by atoms with E-state index < -0.39 is 5.97 Å². The van der Waals surface area contributed by atoms with E-state index in [-0.39, 0.29) is 24.6 Å². The fourth-order valence-electron chi connectivity index (χ4n) is 3.94. The fourth-order valence-corrected chi connectivity index (χ4v) is 3.94. The first kappa shape index (κ1) is 28.2. The Morgan fingerprint density at radius 1 is 0.812 bits per heavy atom. The zero-order valence-corrected chi connectivity index (χ0v) is 20.2. The minimum absolute atomic E-state index is 0.00570. The van der Waals surface area contributed by atoms with Gasteiger partial charge in [-0.15, -0.1) is 0 Å². The van der Waals surface area contributed by atoms with Gasteiger partial charge in [-0.25, -0.2) is 0 Å². The molecule has 1 aromatic rings. The maximum atomic E-state index is 11.4. The molecular weight excluding hydrogens is 404 g/mol. The van der Waals surface area contributed by atoms with Gasteiger partial charge in [0.15, 0.2) is 0 Å². The lowest BCUT2D eigenvalue weighted by Crippen LogP contribution is -2.21. The van der Waals surface area contributed by atoms with Crippen LogP contribution in [0.3, 0.4) is 0 Å². The number of carboxylic acids is 1. The molecule has 1 N–H and O–H groups in total. The maximum Gasteiger partial charge on any atom is 0.303 e. The molecule has 0 aliphatic heterocycles. The number of unbranched alkanes of at least 4 members (excludes halogenated alkanes) is 8. The van der Waals surface area contributed by atoms with Crippen molar-refractivity contribution in [3.63, 3.8) is 0 Å². The van der Waals surface area contributed by atoms with Crippen molar-refractivity contribution in [1.29, 1.82) is 0 Å². The predicted molar refractivity (Wildman–Crippen MR) is 129 cm³/mol. The van der Waals surface area contributed by atoms with Gasteiger partial charge in [0.1, 0.15) is 6.10 Å². The minimum atomic E-state index is -0.867. The molecule has 32 heavy (non-hydrogen) atoms. The number of rotatable bonds is 20. The zero-order chi connectivity index (χ0) is 23.4. The Kier molecular flexibility index (Phi) is 16.4. The van der Waals surface area contributed by atoms with Crippen LogP contribution in [-0.4, -0.2) is 29.3 Å². The summed E-state index contributed by atoms with van der Waals surface area (Å²) in [6, 6.07) is 10.1. The van der Waals surface area contributed by atoms with E-state index in [4.69, 9.17) is 14.6 Å². The molecule has 1 aromatic carbocycles. The molecule has 5 heteroatoms. The molecule has 0 radical (unpaired) electrons. The molecule has 0 heterocycles. The lowest BCUT2D eigenvalue weighted by atomic mass is 10.0. The molecule has 2 atom stereocenters. The van der Waals surface area contributed by atoms with Crippen LogP contribution in [-0.2, 0) is 25.7 Å². The van der Waals surface area contributed by atoms with Crippen LogP contribution >= 0.6 is 0 Å². The summed E-state index contributed by atoms with van der Waals surface area (Å²) in [4.78, 5) is 22.3. The van der Waals surface area contributed by atoms with E-state index in [0.29, 0.717) is 19.4 Å². The lowest BCUT2D eigenvalue weighted by molar-refractivity contribution is -0.149. The molecule has 0 bridgehead atoms. The van der Waals surface area contributed by atoms with Gasteiger partial charge in [0.2, 0.25) is 0 Å². The van der Waals surface area contributed by atoms with E-state index in [0.717, 1.165) is 24.8 Å². The second-order valence-electron chi connectivity index (χ2n) is 8.78. The van der Waals surface area contributed by atoms with E-state index in [2.05, 4.69) is 19.1 Å². The number of aliphatic carboxylic acids is 1. The van der Waals surface area contributed by atoms with Gasteiger partial charge in [0.25, 0.3) is 0 Å². The number of hydrogen-bond acceptors (Lipinski definition) is 4. The quantitative estimate of drug-likeness (QED) is 0.171. The smallest absolute Gasteiger partial charge is 0.303 e. The molecule has 0 amide bonds. The summed E-state index contributed by atoms with van der Waals surface area (Å²) in [6.45, 7) is 4.19. The van der Waals surface area contributed by atoms with Crippen molar-refractivity contribution in [2.24, 2.45) is 0 Å². The Bertz CT molecular complexity index is 601. The normalized spacial score (nSPS) is 12.9. The molecule has 0 fully saturated rings. The summed E-state index contributed by atoms with van der Waals surface area (Å²) in [6.07, 6.45) is 14.0. The highest BCUT2D eigenvalue weighted by atomic mass is 16.5. The van der Waals surface area contributed by atoms with Gasteiger partial charge in [-0.1, -0.05) is 95.0 Å². The Hall–Kier alpha value is -1.88. The third-order valence-corrected chi connectivity index (χ3v) is 5.78. The first-order valence-electron chi connectivity index (χ1n) is 12.6. The molecular formula is C27H44O5. The van der Waals surface area contributed by atoms with Gasteiger partial charge in [0, 0.05) is 13.3 Å². The first-order valence-corrected chi connectivity index (χ1v) is 12.6. The number of ether oxygens (including phenoxy) is 2. The standard InChI is InChI=1S/C27H44O5/c1-3-4-5-6-7-8-9-10-14-17-25(31-22-24-15-12-11-13-16-24)18-19-26(32-23(2)28)20-21-27(29)30/h11-13,15-16,25-26H,3-10,14,17-22H2,1-2H3,(H,29,30). The molecule has 0 aliphatic rings. The number of benzene rings is 1. The molecule has 182 valence electrons. The number of carboxylic acid groups (broad SMARTS) is 1. The summed E-state index contributed by atoms with van der Waals surface area (Å²) < 4.78 is 11.6. The monoisotopic (exact) mass is 448 g/mol. The molecule has 0 saturated heterocycles. The Morgan fingerprint density at radius 2 is 1.41 bits per heavy atom. The highest BCUT2D eigenvalue weighted by molar-refractivity contribution is 5.67. The average Bonchev–Trinajstić information content (AvgIpc) is 2.77. The summed E-state index contributed by atoms with van der Waals surface area (Å²) in [5.74, 6) is -1.23. The summed E-state index contributed by atoms with van der Waals surface area (Å²) in [5.41, 5.74) is 1.15. The van der Waals surface area contributed by atoms with Gasteiger partial charge in [-0.05, 0) is 31.2 Å². The average molecular weight is 449 g/mol. The molecule has 5 nitrogen and oxygen atoms in total. The summed E-state index contributed by atoms with van der Waals surface area (Å²) in [5, 5.41) is 8.97. The van der Waals surface area contributed by atoms with Gasteiger partial charge in [-0.2, -0.15) is 0 Å². The number of carbonyl (C=O) groups is 2. The molecule has 0 saturated carbocycles. The van der Waals surface area contributed by atoms with Crippen molar-refractivity contribution < 1.29 is 24.2 Å². The lowest BCUT2D eigenvalue weighted by Gasteiger charge is -2.22. The van der Waals surface area contributed by atoms with Crippen molar-refractivity contribution in [3.8, 4) is 0 Å². The third kappa shape index (κ3) is 15.9. The van der Waals surface area contributed by atoms with Crippen molar-refractivity contribution in [2.75, 3.05) is 0 Å². The molecule has 2 unspecified atom stereocenters. The molecule has 0 aromatic heterocycles. The van der Waals surface area contributed by atoms with Crippen molar-refractivity contribution in [1.82, 2.24) is 0 Å².